The maximum absolute atomic E-state index is 11.2. The van der Waals surface area contributed by atoms with Crippen LogP contribution in [0.5, 0.6) is 0 Å². The second-order valence-electron chi connectivity index (χ2n) is 5.93. The number of hydrogen-bond donors (Lipinski definition) is 2. The molecule has 1 aromatic heterocycles. The second kappa shape index (κ2) is 6.50. The predicted octanol–water partition coefficient (Wildman–Crippen LogP) is 2.59. The molecule has 0 aromatic carbocycles. The molecule has 106 valence electrons. The van der Waals surface area contributed by atoms with Gasteiger partial charge in [-0.3, -0.25) is 4.79 Å². The minimum absolute atomic E-state index is 0.00894. The summed E-state index contributed by atoms with van der Waals surface area (Å²) < 4.78 is 0. The van der Waals surface area contributed by atoms with Crippen molar-refractivity contribution in [2.75, 3.05) is 11.9 Å². The Bertz CT molecular complexity index is 427. The van der Waals surface area contributed by atoms with Crippen LogP contribution in [0.15, 0.2) is 12.4 Å². The Morgan fingerprint density at radius 2 is 2.11 bits per heavy atom. The first-order chi connectivity index (χ1) is 8.81. The molecule has 0 saturated heterocycles. The molecule has 0 aliphatic rings. The van der Waals surface area contributed by atoms with Crippen LogP contribution in [0.1, 0.15) is 39.8 Å². The Hall–Kier alpha value is -1.65. The molecule has 0 amide bonds. The van der Waals surface area contributed by atoms with E-state index in [0.717, 1.165) is 12.1 Å². The fraction of sp³-hybridized carbons (Fsp3) is 0.643. The van der Waals surface area contributed by atoms with Gasteiger partial charge in [0, 0.05) is 18.3 Å². The van der Waals surface area contributed by atoms with Gasteiger partial charge in [-0.05, 0) is 18.3 Å². The molecule has 0 aliphatic heterocycles. The van der Waals surface area contributed by atoms with Crippen LogP contribution in [0.25, 0.3) is 0 Å². The lowest BCUT2D eigenvalue weighted by Gasteiger charge is -2.23. The Morgan fingerprint density at radius 1 is 1.42 bits per heavy atom. The minimum atomic E-state index is -0.771. The molecule has 0 bridgehead atoms. The van der Waals surface area contributed by atoms with E-state index in [9.17, 15) is 9.90 Å². The summed E-state index contributed by atoms with van der Waals surface area (Å²) in [6.45, 7) is 8.53. The Kier molecular flexibility index (Phi) is 5.27. The maximum Gasteiger partial charge on any atom is 0.308 e. The number of nitrogens with one attached hydrogen (secondary N) is 1. The molecular weight excluding hydrogens is 242 g/mol. The van der Waals surface area contributed by atoms with Crippen LogP contribution >= 0.6 is 0 Å². The van der Waals surface area contributed by atoms with Crippen LogP contribution in [0.3, 0.4) is 0 Å². The monoisotopic (exact) mass is 265 g/mol. The van der Waals surface area contributed by atoms with Crippen LogP contribution in [-0.4, -0.2) is 27.6 Å². The Morgan fingerprint density at radius 3 is 2.63 bits per heavy atom. The number of rotatable bonds is 6. The lowest BCUT2D eigenvalue weighted by Crippen LogP contribution is -2.27. The van der Waals surface area contributed by atoms with Crippen LogP contribution in [0.2, 0.25) is 0 Å². The van der Waals surface area contributed by atoms with Crippen molar-refractivity contribution in [3.63, 3.8) is 0 Å². The quantitative estimate of drug-likeness (QED) is 0.827. The van der Waals surface area contributed by atoms with Gasteiger partial charge in [-0.15, -0.1) is 0 Å². The highest BCUT2D eigenvalue weighted by Crippen LogP contribution is 2.24. The highest BCUT2D eigenvalue weighted by Gasteiger charge is 2.24. The molecular formula is C14H23N3O2. The third-order valence-electron chi connectivity index (χ3n) is 2.82. The largest absolute Gasteiger partial charge is 0.481 e. The molecule has 5 heteroatoms. The summed E-state index contributed by atoms with van der Waals surface area (Å²) in [5, 5.41) is 12.3. The van der Waals surface area contributed by atoms with Gasteiger partial charge in [0.2, 0.25) is 0 Å². The number of carbonyl (C=O) groups is 1. The third-order valence-corrected chi connectivity index (χ3v) is 2.82. The van der Waals surface area contributed by atoms with Crippen LogP contribution in [-0.2, 0) is 11.2 Å². The van der Waals surface area contributed by atoms with E-state index in [1.54, 1.807) is 0 Å². The second-order valence-corrected chi connectivity index (χ2v) is 5.93. The SMILES string of the molecule is CCc1cc(NCC(CC(C)(C)C)C(=O)O)ncn1. The topological polar surface area (TPSA) is 75.1 Å². The number of aromatic nitrogens is 2. The molecule has 2 N–H and O–H groups in total. The van der Waals surface area contributed by atoms with Gasteiger partial charge < -0.3 is 10.4 Å². The number of hydrogen-bond acceptors (Lipinski definition) is 4. The van der Waals surface area contributed by atoms with E-state index in [-0.39, 0.29) is 5.41 Å². The van der Waals surface area contributed by atoms with Crippen molar-refractivity contribution in [2.45, 2.75) is 40.5 Å². The average molecular weight is 265 g/mol. The summed E-state index contributed by atoms with van der Waals surface area (Å²) in [5.74, 6) is -0.501. The number of anilines is 1. The lowest BCUT2D eigenvalue weighted by molar-refractivity contribution is -0.142. The number of aliphatic carboxylic acids is 1. The number of carboxylic acid groups (broad SMARTS) is 1. The predicted molar refractivity (Wildman–Crippen MR) is 75.1 cm³/mol. The van der Waals surface area contributed by atoms with Crippen LogP contribution in [0.4, 0.5) is 5.82 Å². The highest BCUT2D eigenvalue weighted by atomic mass is 16.4. The average Bonchev–Trinajstić information content (AvgIpc) is 2.33. The summed E-state index contributed by atoms with van der Waals surface area (Å²) in [6.07, 6.45) is 2.96. The van der Waals surface area contributed by atoms with E-state index in [1.165, 1.54) is 6.33 Å². The summed E-state index contributed by atoms with van der Waals surface area (Å²) in [5.41, 5.74) is 0.936. The first-order valence-corrected chi connectivity index (χ1v) is 6.59. The molecule has 5 nitrogen and oxygen atoms in total. The van der Waals surface area contributed by atoms with Gasteiger partial charge in [0.15, 0.2) is 0 Å². The highest BCUT2D eigenvalue weighted by molar-refractivity contribution is 5.70. The summed E-state index contributed by atoms with van der Waals surface area (Å²) in [4.78, 5) is 19.5. The van der Waals surface area contributed by atoms with E-state index < -0.39 is 11.9 Å². The molecule has 0 saturated carbocycles. The normalized spacial score (nSPS) is 13.1. The van der Waals surface area contributed by atoms with Crippen molar-refractivity contribution >= 4 is 11.8 Å². The van der Waals surface area contributed by atoms with E-state index in [2.05, 4.69) is 15.3 Å². The van der Waals surface area contributed by atoms with Crippen molar-refractivity contribution in [2.24, 2.45) is 11.3 Å². The fourth-order valence-corrected chi connectivity index (χ4v) is 1.90. The van der Waals surface area contributed by atoms with E-state index >= 15 is 0 Å². The number of nitrogens with zero attached hydrogens (tertiary/aromatic N) is 2. The Labute approximate surface area is 114 Å². The van der Waals surface area contributed by atoms with Gasteiger partial charge in [0.25, 0.3) is 0 Å². The summed E-state index contributed by atoms with van der Waals surface area (Å²) >= 11 is 0. The summed E-state index contributed by atoms with van der Waals surface area (Å²) in [7, 11) is 0. The van der Waals surface area contributed by atoms with E-state index in [1.807, 2.05) is 33.8 Å². The molecule has 1 heterocycles. The minimum Gasteiger partial charge on any atom is -0.481 e. The fourth-order valence-electron chi connectivity index (χ4n) is 1.90. The van der Waals surface area contributed by atoms with E-state index in [0.29, 0.717) is 18.8 Å². The van der Waals surface area contributed by atoms with Gasteiger partial charge in [0.1, 0.15) is 12.1 Å². The molecule has 0 aliphatic carbocycles. The molecule has 0 fully saturated rings. The zero-order valence-electron chi connectivity index (χ0n) is 12.1. The smallest absolute Gasteiger partial charge is 0.308 e. The van der Waals surface area contributed by atoms with Crippen molar-refractivity contribution in [1.82, 2.24) is 9.97 Å². The lowest BCUT2D eigenvalue weighted by atomic mass is 9.84. The first-order valence-electron chi connectivity index (χ1n) is 6.59. The van der Waals surface area contributed by atoms with Crippen molar-refractivity contribution in [1.29, 1.82) is 0 Å². The van der Waals surface area contributed by atoms with Gasteiger partial charge in [-0.25, -0.2) is 9.97 Å². The molecule has 0 spiro atoms. The third kappa shape index (κ3) is 5.68. The molecule has 1 atom stereocenters. The molecule has 1 unspecified atom stereocenters. The van der Waals surface area contributed by atoms with Crippen LogP contribution < -0.4 is 5.32 Å². The zero-order chi connectivity index (χ0) is 14.5. The van der Waals surface area contributed by atoms with Gasteiger partial charge in [-0.1, -0.05) is 27.7 Å². The maximum atomic E-state index is 11.2. The van der Waals surface area contributed by atoms with Crippen molar-refractivity contribution in [3.8, 4) is 0 Å². The van der Waals surface area contributed by atoms with E-state index in [4.69, 9.17) is 0 Å². The standard InChI is InChI=1S/C14H23N3O2/c1-5-11-6-12(17-9-16-11)15-8-10(13(18)19)7-14(2,3)4/h6,9-10H,5,7-8H2,1-4H3,(H,18,19)(H,15,16,17). The molecule has 19 heavy (non-hydrogen) atoms. The van der Waals surface area contributed by atoms with Gasteiger partial charge in [0.05, 0.1) is 5.92 Å². The number of carboxylic acids is 1. The molecule has 1 rings (SSSR count). The zero-order valence-corrected chi connectivity index (χ0v) is 12.1. The first kappa shape index (κ1) is 15.4. The van der Waals surface area contributed by atoms with Crippen molar-refractivity contribution < 1.29 is 9.90 Å². The molecule has 1 aromatic rings. The number of aryl methyl sites for hydroxylation is 1. The van der Waals surface area contributed by atoms with Gasteiger partial charge >= 0.3 is 5.97 Å². The Balaban J connectivity index is 2.63. The summed E-state index contributed by atoms with van der Waals surface area (Å²) in [6, 6.07) is 1.86. The van der Waals surface area contributed by atoms with Gasteiger partial charge in [-0.2, -0.15) is 0 Å². The molecule has 0 radical (unpaired) electrons. The van der Waals surface area contributed by atoms with Crippen molar-refractivity contribution in [3.05, 3.63) is 18.1 Å². The van der Waals surface area contributed by atoms with Crippen LogP contribution in [0, 0.1) is 11.3 Å².